The summed E-state index contributed by atoms with van der Waals surface area (Å²) < 4.78 is 11.6. The van der Waals surface area contributed by atoms with Gasteiger partial charge >= 0.3 is 0 Å². The summed E-state index contributed by atoms with van der Waals surface area (Å²) >= 11 is 0. The van der Waals surface area contributed by atoms with Crippen LogP contribution in [0.5, 0.6) is 11.5 Å². The van der Waals surface area contributed by atoms with Crippen molar-refractivity contribution in [1.82, 2.24) is 0 Å². The lowest BCUT2D eigenvalue weighted by Gasteiger charge is -2.14. The first-order valence-corrected chi connectivity index (χ1v) is 8.40. The Morgan fingerprint density at radius 1 is 1.04 bits per heavy atom. The molecule has 0 aromatic heterocycles. The van der Waals surface area contributed by atoms with Gasteiger partial charge in [-0.1, -0.05) is 37.6 Å². The Labute approximate surface area is 143 Å². The summed E-state index contributed by atoms with van der Waals surface area (Å²) in [6, 6.07) is 15.5. The number of hydrogen-bond donors (Lipinski definition) is 1. The van der Waals surface area contributed by atoms with Crippen molar-refractivity contribution in [3.63, 3.8) is 0 Å². The number of ether oxygens (including phenoxy) is 2. The zero-order valence-corrected chi connectivity index (χ0v) is 14.4. The third-order valence-corrected chi connectivity index (χ3v) is 3.54. The van der Waals surface area contributed by atoms with Gasteiger partial charge in [-0.2, -0.15) is 0 Å². The Morgan fingerprint density at radius 2 is 1.79 bits per heavy atom. The van der Waals surface area contributed by atoms with E-state index >= 15 is 0 Å². The minimum atomic E-state index is -0.0883. The van der Waals surface area contributed by atoms with Gasteiger partial charge < -0.3 is 14.8 Å². The van der Waals surface area contributed by atoms with Crippen molar-refractivity contribution in [3.05, 3.63) is 54.1 Å². The SMILES string of the molecule is CCCCc1ccc(NC(C)=O)cc1OCCOc1ccccc1. The smallest absolute Gasteiger partial charge is 0.221 e. The molecule has 0 bridgehead atoms. The largest absolute Gasteiger partial charge is 0.490 e. The lowest BCUT2D eigenvalue weighted by atomic mass is 10.1. The fraction of sp³-hybridized carbons (Fsp3) is 0.350. The summed E-state index contributed by atoms with van der Waals surface area (Å²) in [5.41, 5.74) is 1.91. The predicted molar refractivity (Wildman–Crippen MR) is 96.8 cm³/mol. The lowest BCUT2D eigenvalue weighted by Crippen LogP contribution is -2.11. The summed E-state index contributed by atoms with van der Waals surface area (Å²) in [6.07, 6.45) is 3.20. The van der Waals surface area contributed by atoms with Gasteiger partial charge in [0.2, 0.25) is 5.91 Å². The molecule has 2 aromatic rings. The number of nitrogens with one attached hydrogen (secondary N) is 1. The van der Waals surface area contributed by atoms with Gasteiger partial charge in [0.1, 0.15) is 24.7 Å². The number of carbonyl (C=O) groups is 1. The summed E-state index contributed by atoms with van der Waals surface area (Å²) in [7, 11) is 0. The van der Waals surface area contributed by atoms with Crippen LogP contribution in [0.15, 0.2) is 48.5 Å². The third kappa shape index (κ3) is 5.95. The lowest BCUT2D eigenvalue weighted by molar-refractivity contribution is -0.114. The van der Waals surface area contributed by atoms with Gasteiger partial charge in [-0.15, -0.1) is 0 Å². The standard InChI is InChI=1S/C20H25NO3/c1-3-4-8-17-11-12-18(21-16(2)22)15-20(17)24-14-13-23-19-9-6-5-7-10-19/h5-7,9-12,15H,3-4,8,13-14H2,1-2H3,(H,21,22). The van der Waals surface area contributed by atoms with Crippen LogP contribution in [0.25, 0.3) is 0 Å². The molecule has 128 valence electrons. The highest BCUT2D eigenvalue weighted by molar-refractivity contribution is 5.88. The van der Waals surface area contributed by atoms with Gasteiger partial charge in [0, 0.05) is 18.7 Å². The molecule has 24 heavy (non-hydrogen) atoms. The molecule has 0 radical (unpaired) electrons. The van der Waals surface area contributed by atoms with Crippen LogP contribution >= 0.6 is 0 Å². The minimum Gasteiger partial charge on any atom is -0.490 e. The maximum Gasteiger partial charge on any atom is 0.221 e. The van der Waals surface area contributed by atoms with Gasteiger partial charge in [-0.05, 0) is 36.6 Å². The summed E-state index contributed by atoms with van der Waals surface area (Å²) in [6.45, 7) is 4.60. The zero-order valence-electron chi connectivity index (χ0n) is 14.4. The third-order valence-electron chi connectivity index (χ3n) is 3.54. The predicted octanol–water partition coefficient (Wildman–Crippen LogP) is 4.45. The van der Waals surface area contributed by atoms with Gasteiger partial charge in [-0.3, -0.25) is 4.79 Å². The molecule has 0 aliphatic carbocycles. The highest BCUT2D eigenvalue weighted by Crippen LogP contribution is 2.25. The van der Waals surface area contributed by atoms with Crippen LogP contribution in [0.2, 0.25) is 0 Å². The average molecular weight is 327 g/mol. The van der Waals surface area contributed by atoms with Gasteiger partial charge in [0.05, 0.1) is 0 Å². The van der Waals surface area contributed by atoms with Gasteiger partial charge in [0.15, 0.2) is 0 Å². The first-order chi connectivity index (χ1) is 11.7. The van der Waals surface area contributed by atoms with Crippen molar-refractivity contribution in [2.24, 2.45) is 0 Å². The van der Waals surface area contributed by atoms with E-state index in [0.717, 1.165) is 42.0 Å². The van der Waals surface area contributed by atoms with E-state index in [2.05, 4.69) is 12.2 Å². The number of para-hydroxylation sites is 1. The Morgan fingerprint density at radius 3 is 2.50 bits per heavy atom. The fourth-order valence-electron chi connectivity index (χ4n) is 2.37. The Kier molecular flexibility index (Phi) is 7.15. The van der Waals surface area contributed by atoms with E-state index in [-0.39, 0.29) is 5.91 Å². The maximum atomic E-state index is 11.2. The highest BCUT2D eigenvalue weighted by Gasteiger charge is 2.07. The molecule has 1 N–H and O–H groups in total. The van der Waals surface area contributed by atoms with Crippen LogP contribution in [0.3, 0.4) is 0 Å². The van der Waals surface area contributed by atoms with E-state index in [1.54, 1.807) is 0 Å². The van der Waals surface area contributed by atoms with Crippen molar-refractivity contribution >= 4 is 11.6 Å². The molecule has 0 spiro atoms. The fourth-order valence-corrected chi connectivity index (χ4v) is 2.37. The van der Waals surface area contributed by atoms with Gasteiger partial charge in [0.25, 0.3) is 0 Å². The quantitative estimate of drug-likeness (QED) is 0.692. The first-order valence-electron chi connectivity index (χ1n) is 8.40. The van der Waals surface area contributed by atoms with E-state index in [4.69, 9.17) is 9.47 Å². The summed E-state index contributed by atoms with van der Waals surface area (Å²) in [4.78, 5) is 11.2. The number of unbranched alkanes of at least 4 members (excludes halogenated alkanes) is 1. The number of benzene rings is 2. The minimum absolute atomic E-state index is 0.0883. The molecule has 0 saturated heterocycles. The second-order valence-electron chi connectivity index (χ2n) is 5.62. The molecular formula is C20H25NO3. The van der Waals surface area contributed by atoms with Crippen LogP contribution in [-0.2, 0) is 11.2 Å². The normalized spacial score (nSPS) is 10.2. The summed E-state index contributed by atoms with van der Waals surface area (Å²) in [5, 5.41) is 2.79. The number of rotatable bonds is 9. The number of hydrogen-bond acceptors (Lipinski definition) is 3. The molecule has 2 aromatic carbocycles. The Hall–Kier alpha value is -2.49. The number of amides is 1. The second kappa shape index (κ2) is 9.60. The van der Waals surface area contributed by atoms with Crippen LogP contribution in [-0.4, -0.2) is 19.1 Å². The summed E-state index contributed by atoms with van der Waals surface area (Å²) in [5.74, 6) is 1.56. The average Bonchev–Trinajstić information content (AvgIpc) is 2.58. The molecule has 0 saturated carbocycles. The Balaban J connectivity index is 1.95. The Bertz CT molecular complexity index is 641. The van der Waals surface area contributed by atoms with Crippen molar-refractivity contribution < 1.29 is 14.3 Å². The van der Waals surface area contributed by atoms with E-state index in [1.165, 1.54) is 6.92 Å². The van der Waals surface area contributed by atoms with E-state index in [0.29, 0.717) is 13.2 Å². The molecule has 0 aliphatic heterocycles. The molecule has 2 rings (SSSR count). The topological polar surface area (TPSA) is 47.6 Å². The van der Waals surface area contributed by atoms with E-state index in [1.807, 2.05) is 48.5 Å². The van der Waals surface area contributed by atoms with Crippen molar-refractivity contribution in [1.29, 1.82) is 0 Å². The van der Waals surface area contributed by atoms with Crippen molar-refractivity contribution in [2.45, 2.75) is 33.1 Å². The maximum absolute atomic E-state index is 11.2. The molecule has 0 atom stereocenters. The van der Waals surface area contributed by atoms with Crippen LogP contribution in [0.1, 0.15) is 32.3 Å². The molecule has 0 aliphatic rings. The molecule has 1 amide bonds. The van der Waals surface area contributed by atoms with Crippen molar-refractivity contribution in [2.75, 3.05) is 18.5 Å². The zero-order chi connectivity index (χ0) is 17.2. The number of anilines is 1. The highest BCUT2D eigenvalue weighted by atomic mass is 16.5. The number of carbonyl (C=O) groups excluding carboxylic acids is 1. The molecule has 0 heterocycles. The van der Waals surface area contributed by atoms with Crippen LogP contribution in [0.4, 0.5) is 5.69 Å². The monoisotopic (exact) mass is 327 g/mol. The van der Waals surface area contributed by atoms with Crippen LogP contribution < -0.4 is 14.8 Å². The second-order valence-corrected chi connectivity index (χ2v) is 5.62. The molecule has 0 fully saturated rings. The van der Waals surface area contributed by atoms with E-state index in [9.17, 15) is 4.79 Å². The molecule has 4 nitrogen and oxygen atoms in total. The number of aryl methyl sites for hydroxylation is 1. The van der Waals surface area contributed by atoms with Crippen LogP contribution in [0, 0.1) is 0 Å². The molecule has 4 heteroatoms. The molecular weight excluding hydrogens is 302 g/mol. The van der Waals surface area contributed by atoms with E-state index < -0.39 is 0 Å². The first kappa shape index (κ1) is 17.9. The van der Waals surface area contributed by atoms with Crippen molar-refractivity contribution in [3.8, 4) is 11.5 Å². The molecule has 0 unspecified atom stereocenters. The van der Waals surface area contributed by atoms with Gasteiger partial charge in [-0.25, -0.2) is 0 Å².